The monoisotopic (exact) mass is 414 g/mol. The zero-order valence-corrected chi connectivity index (χ0v) is 18.2. The predicted octanol–water partition coefficient (Wildman–Crippen LogP) is 4.86. The van der Waals surface area contributed by atoms with Crippen molar-refractivity contribution >= 4 is 29.2 Å². The second kappa shape index (κ2) is 12.1. The molecule has 0 bridgehead atoms. The van der Waals surface area contributed by atoms with Gasteiger partial charge in [0.25, 0.3) is 11.8 Å². The number of methoxy groups -OCH3 is 1. The van der Waals surface area contributed by atoms with Gasteiger partial charge < -0.3 is 15.4 Å². The Bertz CT molecular complexity index is 798. The van der Waals surface area contributed by atoms with E-state index >= 15 is 0 Å². The Labute approximate surface area is 177 Å². The summed E-state index contributed by atoms with van der Waals surface area (Å²) in [6, 6.07) is 10.6. The van der Waals surface area contributed by atoms with Crippen molar-refractivity contribution in [3.8, 4) is 5.75 Å². The van der Waals surface area contributed by atoms with E-state index in [4.69, 9.17) is 4.74 Å². The van der Waals surface area contributed by atoms with Crippen molar-refractivity contribution in [2.24, 2.45) is 5.92 Å². The van der Waals surface area contributed by atoms with Gasteiger partial charge in [-0.05, 0) is 54.1 Å². The van der Waals surface area contributed by atoms with Gasteiger partial charge >= 0.3 is 0 Å². The van der Waals surface area contributed by atoms with Crippen molar-refractivity contribution < 1.29 is 14.3 Å². The highest BCUT2D eigenvalue weighted by Gasteiger charge is 2.16. The normalized spacial score (nSPS) is 12.3. The fourth-order valence-corrected chi connectivity index (χ4v) is 3.54. The molecular formula is C23H30N2O3S. The van der Waals surface area contributed by atoms with Gasteiger partial charge in [-0.1, -0.05) is 39.2 Å². The molecule has 1 aromatic heterocycles. The van der Waals surface area contributed by atoms with Crippen molar-refractivity contribution in [1.82, 2.24) is 10.6 Å². The summed E-state index contributed by atoms with van der Waals surface area (Å²) in [5.41, 5.74) is 0.712. The van der Waals surface area contributed by atoms with Crippen molar-refractivity contribution in [1.29, 1.82) is 0 Å². The van der Waals surface area contributed by atoms with Gasteiger partial charge in [0, 0.05) is 17.0 Å². The summed E-state index contributed by atoms with van der Waals surface area (Å²) in [7, 11) is 1.57. The van der Waals surface area contributed by atoms with E-state index in [9.17, 15) is 9.59 Å². The minimum absolute atomic E-state index is 0.249. The number of unbranched alkanes of at least 4 members (excludes halogenated alkanes) is 1. The second-order valence-electron chi connectivity index (χ2n) is 6.88. The topological polar surface area (TPSA) is 67.4 Å². The molecule has 2 rings (SSSR count). The van der Waals surface area contributed by atoms with Crippen LogP contribution in [0.3, 0.4) is 0 Å². The van der Waals surface area contributed by atoms with Crippen molar-refractivity contribution in [2.45, 2.75) is 39.5 Å². The molecule has 6 heteroatoms. The SMILES string of the molecule is CCCC[C@@H](CC)CNC(=O)/C(=C/c1cccs1)NC(=O)c1ccc(OC)cc1. The molecule has 0 spiro atoms. The Hall–Kier alpha value is -2.60. The van der Waals surface area contributed by atoms with Crippen molar-refractivity contribution in [3.05, 3.63) is 57.9 Å². The van der Waals surface area contributed by atoms with E-state index in [1.807, 2.05) is 17.5 Å². The number of nitrogens with one attached hydrogen (secondary N) is 2. The van der Waals surface area contributed by atoms with Gasteiger partial charge in [-0.15, -0.1) is 11.3 Å². The third-order valence-electron chi connectivity index (χ3n) is 4.77. The van der Waals surface area contributed by atoms with Crippen LogP contribution >= 0.6 is 11.3 Å². The average molecular weight is 415 g/mol. The van der Waals surface area contributed by atoms with E-state index in [1.165, 1.54) is 11.3 Å². The van der Waals surface area contributed by atoms with Gasteiger partial charge in [0.1, 0.15) is 11.4 Å². The fourth-order valence-electron chi connectivity index (χ4n) is 2.89. The largest absolute Gasteiger partial charge is 0.497 e. The summed E-state index contributed by atoms with van der Waals surface area (Å²) >= 11 is 1.51. The first-order valence-electron chi connectivity index (χ1n) is 10.1. The predicted molar refractivity (Wildman–Crippen MR) is 119 cm³/mol. The van der Waals surface area contributed by atoms with E-state index in [2.05, 4.69) is 24.5 Å². The first-order chi connectivity index (χ1) is 14.1. The fraction of sp³-hybridized carbons (Fsp3) is 0.391. The van der Waals surface area contributed by atoms with Gasteiger partial charge in [-0.3, -0.25) is 9.59 Å². The minimum atomic E-state index is -0.330. The molecule has 5 nitrogen and oxygen atoms in total. The van der Waals surface area contributed by atoms with Crippen LogP contribution in [-0.2, 0) is 4.79 Å². The van der Waals surface area contributed by atoms with Gasteiger partial charge in [-0.2, -0.15) is 0 Å². The summed E-state index contributed by atoms with van der Waals surface area (Å²) in [6.07, 6.45) is 6.12. The number of rotatable bonds is 11. The molecule has 156 valence electrons. The van der Waals surface area contributed by atoms with Crippen LogP contribution in [0.5, 0.6) is 5.75 Å². The molecule has 0 unspecified atom stereocenters. The number of thiophene rings is 1. The highest BCUT2D eigenvalue weighted by molar-refractivity contribution is 7.10. The van der Waals surface area contributed by atoms with Crippen LogP contribution < -0.4 is 15.4 Å². The molecule has 0 radical (unpaired) electrons. The third-order valence-corrected chi connectivity index (χ3v) is 5.59. The number of hydrogen-bond acceptors (Lipinski definition) is 4. The average Bonchev–Trinajstić information content (AvgIpc) is 3.26. The van der Waals surface area contributed by atoms with Crippen LogP contribution in [0.25, 0.3) is 6.08 Å². The number of hydrogen-bond donors (Lipinski definition) is 2. The molecule has 2 aromatic rings. The Balaban J connectivity index is 2.10. The molecular weight excluding hydrogens is 384 g/mol. The summed E-state index contributed by atoms with van der Waals surface area (Å²) in [5.74, 6) is 0.518. The van der Waals surface area contributed by atoms with Crippen LogP contribution in [0.2, 0.25) is 0 Å². The standard InChI is InChI=1S/C23H30N2O3S/c1-4-6-8-17(5-2)16-24-23(27)21(15-20-9-7-14-29-20)25-22(26)18-10-12-19(28-3)13-11-18/h7,9-15,17H,4-6,8,16H2,1-3H3,(H,24,27)(H,25,26)/b21-15-/t17-/m1/s1. The zero-order chi connectivity index (χ0) is 21.1. The highest BCUT2D eigenvalue weighted by atomic mass is 32.1. The maximum absolute atomic E-state index is 12.8. The molecule has 0 saturated heterocycles. The molecule has 0 aliphatic heterocycles. The van der Waals surface area contributed by atoms with E-state index < -0.39 is 0 Å². The summed E-state index contributed by atoms with van der Waals surface area (Å²) in [6.45, 7) is 4.91. The smallest absolute Gasteiger partial charge is 0.267 e. The molecule has 0 fully saturated rings. The van der Waals surface area contributed by atoms with Gasteiger partial charge in [0.05, 0.1) is 7.11 Å². The Morgan fingerprint density at radius 2 is 1.93 bits per heavy atom. The van der Waals surface area contributed by atoms with Crippen LogP contribution in [0.1, 0.15) is 54.8 Å². The molecule has 1 heterocycles. The number of ether oxygens (including phenoxy) is 1. The first kappa shape index (κ1) is 22.7. The van der Waals surface area contributed by atoms with E-state index in [0.717, 1.165) is 30.6 Å². The van der Waals surface area contributed by atoms with Crippen LogP contribution in [0.15, 0.2) is 47.5 Å². The summed E-state index contributed by atoms with van der Waals surface area (Å²) in [5, 5.41) is 7.70. The lowest BCUT2D eigenvalue weighted by Gasteiger charge is -2.16. The number of benzene rings is 1. The molecule has 2 amide bonds. The van der Waals surface area contributed by atoms with Crippen LogP contribution in [-0.4, -0.2) is 25.5 Å². The van der Waals surface area contributed by atoms with E-state index in [1.54, 1.807) is 37.5 Å². The number of carbonyl (C=O) groups excluding carboxylic acids is 2. The van der Waals surface area contributed by atoms with E-state index in [0.29, 0.717) is 23.8 Å². The molecule has 1 aromatic carbocycles. The maximum Gasteiger partial charge on any atom is 0.267 e. The van der Waals surface area contributed by atoms with E-state index in [-0.39, 0.29) is 17.5 Å². The molecule has 0 aliphatic rings. The minimum Gasteiger partial charge on any atom is -0.497 e. The molecule has 0 aliphatic carbocycles. The van der Waals surface area contributed by atoms with Crippen LogP contribution in [0.4, 0.5) is 0 Å². The Morgan fingerprint density at radius 1 is 1.17 bits per heavy atom. The summed E-state index contributed by atoms with van der Waals surface area (Å²) < 4.78 is 5.13. The first-order valence-corrected chi connectivity index (χ1v) is 10.9. The lowest BCUT2D eigenvalue weighted by atomic mass is 9.99. The Kier molecular flexibility index (Phi) is 9.44. The molecule has 1 atom stereocenters. The van der Waals surface area contributed by atoms with Crippen LogP contribution in [0, 0.1) is 5.92 Å². The third kappa shape index (κ3) is 7.38. The highest BCUT2D eigenvalue weighted by Crippen LogP contribution is 2.15. The van der Waals surface area contributed by atoms with Crippen molar-refractivity contribution in [3.63, 3.8) is 0 Å². The number of amides is 2. The molecule has 29 heavy (non-hydrogen) atoms. The zero-order valence-electron chi connectivity index (χ0n) is 17.4. The summed E-state index contributed by atoms with van der Waals surface area (Å²) in [4.78, 5) is 26.4. The van der Waals surface area contributed by atoms with Gasteiger partial charge in [0.15, 0.2) is 0 Å². The Morgan fingerprint density at radius 3 is 2.52 bits per heavy atom. The van der Waals surface area contributed by atoms with Gasteiger partial charge in [-0.25, -0.2) is 0 Å². The van der Waals surface area contributed by atoms with Crippen molar-refractivity contribution in [2.75, 3.05) is 13.7 Å². The maximum atomic E-state index is 12.8. The quantitative estimate of drug-likeness (QED) is 0.516. The van der Waals surface area contributed by atoms with Gasteiger partial charge in [0.2, 0.25) is 0 Å². The molecule has 2 N–H and O–H groups in total. The lowest BCUT2D eigenvalue weighted by Crippen LogP contribution is -2.37. The number of carbonyl (C=O) groups is 2. The lowest BCUT2D eigenvalue weighted by molar-refractivity contribution is -0.117. The molecule has 0 saturated carbocycles. The second-order valence-corrected chi connectivity index (χ2v) is 7.86.